The molecule has 1 aliphatic heterocycles. The van der Waals surface area contributed by atoms with Crippen LogP contribution in [0.2, 0.25) is 0 Å². The first-order chi connectivity index (χ1) is 12.1. The summed E-state index contributed by atoms with van der Waals surface area (Å²) in [5.74, 6) is 0. The standard InChI is InChI=1S/C19H8ClN3O2/c20-18(24)17-15-10(7-8-21-17)2-1-9-3-4-12-11(14(9)15)5-6-13-16(12)23-19(25)22-13/h1-8H. The third-order valence-corrected chi connectivity index (χ3v) is 4.65. The molecule has 1 aromatic heterocycles. The first-order valence-electron chi connectivity index (χ1n) is 7.58. The van der Waals surface area contributed by atoms with E-state index >= 15 is 0 Å². The van der Waals surface area contributed by atoms with Gasteiger partial charge in [-0.15, -0.1) is 0 Å². The van der Waals surface area contributed by atoms with Crippen molar-refractivity contribution in [1.82, 2.24) is 4.98 Å². The Morgan fingerprint density at radius 3 is 2.36 bits per heavy atom. The van der Waals surface area contributed by atoms with E-state index in [0.717, 1.165) is 26.9 Å². The lowest BCUT2D eigenvalue weighted by Crippen LogP contribution is -2.22. The number of aromatic nitrogens is 1. The van der Waals surface area contributed by atoms with Crippen LogP contribution < -0.4 is 10.7 Å². The second-order valence-electron chi connectivity index (χ2n) is 5.80. The zero-order valence-electron chi connectivity index (χ0n) is 12.7. The Labute approximate surface area is 145 Å². The smallest absolute Gasteiger partial charge is 0.274 e. The highest BCUT2D eigenvalue weighted by molar-refractivity contribution is 6.68. The highest BCUT2D eigenvalue weighted by atomic mass is 35.5. The molecule has 5 rings (SSSR count). The van der Waals surface area contributed by atoms with E-state index in [-0.39, 0.29) is 5.69 Å². The van der Waals surface area contributed by atoms with E-state index in [2.05, 4.69) is 15.0 Å². The lowest BCUT2D eigenvalue weighted by Gasteiger charge is -2.09. The van der Waals surface area contributed by atoms with E-state index < -0.39 is 11.3 Å². The van der Waals surface area contributed by atoms with Gasteiger partial charge in [0.25, 0.3) is 5.24 Å². The van der Waals surface area contributed by atoms with Crippen molar-refractivity contribution in [2.45, 2.75) is 0 Å². The van der Waals surface area contributed by atoms with E-state index in [1.54, 1.807) is 12.3 Å². The third kappa shape index (κ3) is 1.93. The Kier molecular flexibility index (Phi) is 2.79. The van der Waals surface area contributed by atoms with Crippen molar-refractivity contribution in [3.8, 4) is 0 Å². The molecular formula is C19H8ClN3O2. The lowest BCUT2D eigenvalue weighted by molar-refractivity contribution is 0.107. The lowest BCUT2D eigenvalue weighted by atomic mass is 9.95. The minimum atomic E-state index is -0.605. The fourth-order valence-electron chi connectivity index (χ4n) is 3.45. The van der Waals surface area contributed by atoms with Crippen molar-refractivity contribution >= 4 is 55.2 Å². The summed E-state index contributed by atoms with van der Waals surface area (Å²) in [5.41, 5.74) is 0.218. The molecule has 118 valence electrons. The number of carbonyl (C=O) groups excluding carboxylic acids is 2. The molecule has 0 unspecified atom stereocenters. The zero-order chi connectivity index (χ0) is 17.1. The van der Waals surface area contributed by atoms with Gasteiger partial charge in [-0.3, -0.25) is 9.78 Å². The fraction of sp³-hybridized carbons (Fsp3) is 0. The zero-order valence-corrected chi connectivity index (χ0v) is 13.4. The van der Waals surface area contributed by atoms with Gasteiger partial charge in [-0.05, 0) is 45.3 Å². The van der Waals surface area contributed by atoms with E-state index in [4.69, 9.17) is 11.6 Å². The van der Waals surface area contributed by atoms with Crippen LogP contribution in [-0.2, 0) is 0 Å². The average molecular weight is 346 g/mol. The first kappa shape index (κ1) is 14.2. The van der Waals surface area contributed by atoms with Crippen LogP contribution in [0.4, 0.5) is 4.79 Å². The molecule has 0 bridgehead atoms. The second-order valence-corrected chi connectivity index (χ2v) is 6.14. The van der Waals surface area contributed by atoms with E-state index in [1.165, 1.54) is 0 Å². The molecule has 6 heteroatoms. The van der Waals surface area contributed by atoms with E-state index in [0.29, 0.717) is 16.1 Å². The number of urea groups is 1. The van der Waals surface area contributed by atoms with Gasteiger partial charge in [0, 0.05) is 17.0 Å². The van der Waals surface area contributed by atoms with Crippen molar-refractivity contribution in [1.29, 1.82) is 0 Å². The summed E-state index contributed by atoms with van der Waals surface area (Å²) in [6, 6.07) is 12.8. The van der Waals surface area contributed by atoms with Crippen LogP contribution in [0.5, 0.6) is 0 Å². The van der Waals surface area contributed by atoms with Crippen molar-refractivity contribution in [3.63, 3.8) is 0 Å². The highest BCUT2D eigenvalue weighted by Gasteiger charge is 2.16. The Bertz CT molecular complexity index is 1390. The second kappa shape index (κ2) is 4.91. The van der Waals surface area contributed by atoms with Gasteiger partial charge in [0.2, 0.25) is 0 Å². The normalized spacial score (nSPS) is 13.1. The van der Waals surface area contributed by atoms with E-state index in [1.807, 2.05) is 36.4 Å². The molecule has 0 aliphatic carbocycles. The molecule has 0 radical (unpaired) electrons. The minimum absolute atomic E-state index is 0.218. The van der Waals surface area contributed by atoms with Gasteiger partial charge < -0.3 is 0 Å². The number of rotatable bonds is 1. The topological polar surface area (TPSA) is 71.8 Å². The number of nitrogens with zero attached hydrogens (tertiary/aromatic N) is 3. The van der Waals surface area contributed by atoms with Crippen molar-refractivity contribution in [3.05, 3.63) is 65.1 Å². The predicted molar refractivity (Wildman–Crippen MR) is 94.6 cm³/mol. The fourth-order valence-corrected chi connectivity index (χ4v) is 3.59. The summed E-state index contributed by atoms with van der Waals surface area (Å²) in [5, 5.41) is 5.59. The third-order valence-electron chi connectivity index (χ3n) is 4.47. The Morgan fingerprint density at radius 2 is 1.56 bits per heavy atom. The monoisotopic (exact) mass is 345 g/mol. The van der Waals surface area contributed by atoms with Crippen molar-refractivity contribution in [2.24, 2.45) is 9.98 Å². The SMILES string of the molecule is O=C1N=c2ccc3c(ccc4ccc5ccnc(C(=O)Cl)c5c43)c2=N1. The van der Waals surface area contributed by atoms with Gasteiger partial charge in [0.05, 0.1) is 5.36 Å². The molecule has 0 N–H and O–H groups in total. The number of amides is 2. The quantitative estimate of drug-likeness (QED) is 0.392. The Hall–Kier alpha value is -3.18. The molecule has 3 aromatic carbocycles. The predicted octanol–water partition coefficient (Wildman–Crippen LogP) is 3.29. The largest absolute Gasteiger partial charge is 0.368 e. The van der Waals surface area contributed by atoms with Gasteiger partial charge >= 0.3 is 6.03 Å². The number of halogens is 1. The summed E-state index contributed by atoms with van der Waals surface area (Å²) in [4.78, 5) is 35.5. The van der Waals surface area contributed by atoms with Crippen LogP contribution in [-0.4, -0.2) is 16.3 Å². The minimum Gasteiger partial charge on any atom is -0.274 e. The van der Waals surface area contributed by atoms with Gasteiger partial charge in [-0.2, -0.15) is 9.98 Å². The maximum atomic E-state index is 11.9. The number of hydrogen-bond acceptors (Lipinski definition) is 3. The number of carbonyl (C=O) groups is 2. The summed E-state index contributed by atoms with van der Waals surface area (Å²) in [6.07, 6.45) is 1.57. The highest BCUT2D eigenvalue weighted by Crippen LogP contribution is 2.32. The van der Waals surface area contributed by atoms with Gasteiger partial charge in [0.1, 0.15) is 11.1 Å². The van der Waals surface area contributed by atoms with Gasteiger partial charge in [-0.1, -0.05) is 30.3 Å². The molecule has 0 fully saturated rings. The van der Waals surface area contributed by atoms with E-state index in [9.17, 15) is 9.59 Å². The Morgan fingerprint density at radius 1 is 0.840 bits per heavy atom. The number of pyridine rings is 1. The Balaban J connectivity index is 2.12. The average Bonchev–Trinajstić information content (AvgIpc) is 3.00. The molecule has 4 aromatic rings. The molecule has 1 aliphatic rings. The van der Waals surface area contributed by atoms with Crippen molar-refractivity contribution in [2.75, 3.05) is 0 Å². The van der Waals surface area contributed by atoms with Gasteiger partial charge in [0.15, 0.2) is 0 Å². The molecular weight excluding hydrogens is 338 g/mol. The molecule has 5 nitrogen and oxygen atoms in total. The van der Waals surface area contributed by atoms with Crippen LogP contribution in [0.1, 0.15) is 10.5 Å². The maximum Gasteiger partial charge on any atom is 0.368 e. The summed E-state index contributed by atoms with van der Waals surface area (Å²) >= 11 is 5.77. The molecule has 25 heavy (non-hydrogen) atoms. The van der Waals surface area contributed by atoms with Crippen molar-refractivity contribution < 1.29 is 9.59 Å². The molecule has 0 atom stereocenters. The van der Waals surface area contributed by atoms with Crippen LogP contribution in [0.3, 0.4) is 0 Å². The molecule has 0 saturated carbocycles. The molecule has 2 amide bonds. The number of fused-ring (bicyclic) bond motifs is 7. The van der Waals surface area contributed by atoms with Crippen LogP contribution in [0, 0.1) is 0 Å². The van der Waals surface area contributed by atoms with Crippen LogP contribution in [0.15, 0.2) is 58.6 Å². The number of benzene rings is 3. The maximum absolute atomic E-state index is 11.9. The molecule has 0 spiro atoms. The first-order valence-corrected chi connectivity index (χ1v) is 7.96. The summed E-state index contributed by atoms with van der Waals surface area (Å²) < 4.78 is 0. The van der Waals surface area contributed by atoms with Crippen LogP contribution >= 0.6 is 11.6 Å². The van der Waals surface area contributed by atoms with Crippen LogP contribution in [0.25, 0.3) is 32.3 Å². The molecule has 2 heterocycles. The molecule has 0 saturated heterocycles. The van der Waals surface area contributed by atoms with Gasteiger partial charge in [-0.25, -0.2) is 4.79 Å². The summed E-state index contributed by atoms with van der Waals surface area (Å²) in [7, 11) is 0. The summed E-state index contributed by atoms with van der Waals surface area (Å²) in [6.45, 7) is 0. The number of hydrogen-bond donors (Lipinski definition) is 0.